The number of carbonyl (C=O) groups excluding carboxylic acids is 1. The predicted molar refractivity (Wildman–Crippen MR) is 83.2 cm³/mol. The fraction of sp³-hybridized carbons (Fsp3) is 0.733. The Morgan fingerprint density at radius 1 is 1.43 bits per heavy atom. The molecule has 1 aliphatic heterocycles. The minimum absolute atomic E-state index is 0.157. The Kier molecular flexibility index (Phi) is 5.32. The number of nitrogens with zero attached hydrogens (tertiary/aromatic N) is 2. The second-order valence-electron chi connectivity index (χ2n) is 6.03. The molecule has 2 rings (SSSR count). The molecule has 0 aromatic carbocycles. The Hall–Kier alpha value is -1.01. The lowest BCUT2D eigenvalue weighted by Crippen LogP contribution is -2.34. The van der Waals surface area contributed by atoms with Gasteiger partial charge in [-0.15, -0.1) is 11.8 Å². The van der Waals surface area contributed by atoms with Gasteiger partial charge in [-0.3, -0.25) is 4.79 Å². The topological polar surface area (TPSA) is 66.6 Å². The monoisotopic (exact) mass is 312 g/mol. The Labute approximate surface area is 130 Å². The maximum Gasteiger partial charge on any atom is 0.232 e. The maximum absolute atomic E-state index is 12.2. The van der Waals surface area contributed by atoms with Gasteiger partial charge in [0, 0.05) is 24.4 Å². The highest BCUT2D eigenvalue weighted by Gasteiger charge is 2.26. The molecule has 5 nitrogen and oxygen atoms in total. The van der Waals surface area contributed by atoms with Gasteiger partial charge in [0.25, 0.3) is 0 Å². The quantitative estimate of drug-likeness (QED) is 0.924. The molecule has 1 atom stereocenters. The molecule has 1 amide bonds. The van der Waals surface area contributed by atoms with Crippen LogP contribution in [0.4, 0.5) is 0 Å². The lowest BCUT2D eigenvalue weighted by Gasteiger charge is -2.22. The minimum Gasteiger partial charge on any atom is -0.390 e. The molecule has 1 aromatic rings. The van der Waals surface area contributed by atoms with E-state index in [2.05, 4.69) is 5.16 Å². The van der Waals surface area contributed by atoms with Crippen molar-refractivity contribution < 1.29 is 14.4 Å². The van der Waals surface area contributed by atoms with Gasteiger partial charge < -0.3 is 14.5 Å². The van der Waals surface area contributed by atoms with E-state index < -0.39 is 5.60 Å². The molecule has 0 radical (unpaired) electrons. The van der Waals surface area contributed by atoms with Crippen molar-refractivity contribution in [1.82, 2.24) is 10.1 Å². The number of thioether (sulfide) groups is 1. The van der Waals surface area contributed by atoms with E-state index in [9.17, 15) is 9.90 Å². The Balaban J connectivity index is 1.79. The summed E-state index contributed by atoms with van der Waals surface area (Å²) in [5, 5.41) is 14.0. The fourth-order valence-corrected chi connectivity index (χ4v) is 3.63. The molecular weight excluding hydrogens is 288 g/mol. The van der Waals surface area contributed by atoms with Crippen LogP contribution in [-0.4, -0.2) is 45.5 Å². The van der Waals surface area contributed by atoms with E-state index in [0.717, 1.165) is 42.2 Å². The summed E-state index contributed by atoms with van der Waals surface area (Å²) in [5.74, 6) is 2.20. The third-order valence-electron chi connectivity index (χ3n) is 4.07. The highest BCUT2D eigenvalue weighted by Crippen LogP contribution is 2.23. The third-order valence-corrected chi connectivity index (χ3v) is 5.01. The summed E-state index contributed by atoms with van der Waals surface area (Å²) in [6.45, 7) is 7.07. The maximum atomic E-state index is 12.2. The van der Waals surface area contributed by atoms with Gasteiger partial charge in [0.15, 0.2) is 0 Å². The summed E-state index contributed by atoms with van der Waals surface area (Å²) >= 11 is 1.59. The van der Waals surface area contributed by atoms with E-state index >= 15 is 0 Å². The fourth-order valence-electron chi connectivity index (χ4n) is 2.55. The van der Waals surface area contributed by atoms with Crippen LogP contribution in [-0.2, 0) is 10.5 Å². The van der Waals surface area contributed by atoms with Crippen LogP contribution >= 0.6 is 11.8 Å². The molecule has 0 bridgehead atoms. The zero-order chi connectivity index (χ0) is 15.5. The second-order valence-corrected chi connectivity index (χ2v) is 7.01. The van der Waals surface area contributed by atoms with Crippen molar-refractivity contribution in [3.05, 3.63) is 17.0 Å². The van der Waals surface area contributed by atoms with Crippen LogP contribution in [0.1, 0.15) is 43.2 Å². The predicted octanol–water partition coefficient (Wildman–Crippen LogP) is 2.29. The van der Waals surface area contributed by atoms with E-state index in [0.29, 0.717) is 18.7 Å². The summed E-state index contributed by atoms with van der Waals surface area (Å²) in [5.41, 5.74) is 1.36. The zero-order valence-electron chi connectivity index (χ0n) is 13.0. The number of amides is 1. The van der Waals surface area contributed by atoms with Crippen LogP contribution in [0.3, 0.4) is 0 Å². The Morgan fingerprint density at radius 2 is 2.19 bits per heavy atom. The molecule has 0 aliphatic carbocycles. The van der Waals surface area contributed by atoms with Crippen molar-refractivity contribution in [1.29, 1.82) is 0 Å². The average molecular weight is 312 g/mol. The molecule has 1 aromatic heterocycles. The van der Waals surface area contributed by atoms with Crippen molar-refractivity contribution in [2.75, 3.05) is 18.8 Å². The highest BCUT2D eigenvalue weighted by molar-refractivity contribution is 7.99. The smallest absolute Gasteiger partial charge is 0.232 e. The Bertz CT molecular complexity index is 480. The molecular formula is C15H24N2O3S. The van der Waals surface area contributed by atoms with Gasteiger partial charge in [-0.2, -0.15) is 0 Å². The van der Waals surface area contributed by atoms with E-state index in [4.69, 9.17) is 4.52 Å². The minimum atomic E-state index is -0.626. The SMILES string of the molecule is Cc1noc(C)c1CSCC(=O)N1CCCC(C)(O)CC1. The molecule has 118 valence electrons. The molecule has 1 aliphatic rings. The normalized spacial score (nSPS) is 23.1. The second kappa shape index (κ2) is 6.83. The van der Waals surface area contributed by atoms with Gasteiger partial charge in [0.1, 0.15) is 5.76 Å². The standard InChI is InChI=1S/C15H24N2O3S/c1-11-13(12(2)20-16-11)9-21-10-14(18)17-7-4-5-15(3,19)6-8-17/h19H,4-10H2,1-3H3. The van der Waals surface area contributed by atoms with Gasteiger partial charge in [-0.05, 0) is 40.0 Å². The Morgan fingerprint density at radius 3 is 2.86 bits per heavy atom. The molecule has 6 heteroatoms. The van der Waals surface area contributed by atoms with Crippen LogP contribution in [0.25, 0.3) is 0 Å². The van der Waals surface area contributed by atoms with Gasteiger partial charge in [-0.25, -0.2) is 0 Å². The molecule has 0 spiro atoms. The van der Waals surface area contributed by atoms with Crippen molar-refractivity contribution in [2.24, 2.45) is 0 Å². The van der Waals surface area contributed by atoms with E-state index in [1.54, 1.807) is 11.8 Å². The first-order chi connectivity index (χ1) is 9.89. The zero-order valence-corrected chi connectivity index (χ0v) is 13.8. The summed E-state index contributed by atoms with van der Waals surface area (Å²) in [6, 6.07) is 0. The molecule has 1 saturated heterocycles. The van der Waals surface area contributed by atoms with Gasteiger partial charge in [0.2, 0.25) is 5.91 Å². The average Bonchev–Trinajstić information content (AvgIpc) is 2.62. The number of aromatic nitrogens is 1. The van der Waals surface area contributed by atoms with Gasteiger partial charge in [-0.1, -0.05) is 5.16 Å². The van der Waals surface area contributed by atoms with Crippen molar-refractivity contribution >= 4 is 17.7 Å². The number of hydrogen-bond acceptors (Lipinski definition) is 5. The molecule has 21 heavy (non-hydrogen) atoms. The van der Waals surface area contributed by atoms with Crippen molar-refractivity contribution in [3.8, 4) is 0 Å². The summed E-state index contributed by atoms with van der Waals surface area (Å²) in [7, 11) is 0. The highest BCUT2D eigenvalue weighted by atomic mass is 32.2. The van der Waals surface area contributed by atoms with Gasteiger partial charge in [0.05, 0.1) is 17.0 Å². The number of rotatable bonds is 4. The first kappa shape index (κ1) is 16.4. The van der Waals surface area contributed by atoms with Gasteiger partial charge >= 0.3 is 0 Å². The molecule has 1 unspecified atom stereocenters. The number of carbonyl (C=O) groups is 1. The third kappa shape index (κ3) is 4.48. The lowest BCUT2D eigenvalue weighted by atomic mass is 9.98. The molecule has 2 heterocycles. The summed E-state index contributed by atoms with van der Waals surface area (Å²) < 4.78 is 5.12. The van der Waals surface area contributed by atoms with Crippen LogP contribution < -0.4 is 0 Å². The molecule has 1 fully saturated rings. The number of aliphatic hydroxyl groups is 1. The largest absolute Gasteiger partial charge is 0.390 e. The van der Waals surface area contributed by atoms with Crippen LogP contribution in [0.2, 0.25) is 0 Å². The summed E-state index contributed by atoms with van der Waals surface area (Å²) in [6.07, 6.45) is 2.30. The van der Waals surface area contributed by atoms with E-state index in [1.807, 2.05) is 25.7 Å². The number of aryl methyl sites for hydroxylation is 2. The molecule has 0 saturated carbocycles. The van der Waals surface area contributed by atoms with E-state index in [1.165, 1.54) is 0 Å². The van der Waals surface area contributed by atoms with Crippen molar-refractivity contribution in [3.63, 3.8) is 0 Å². The van der Waals surface area contributed by atoms with Crippen LogP contribution in [0.5, 0.6) is 0 Å². The molecule has 1 N–H and O–H groups in total. The summed E-state index contributed by atoms with van der Waals surface area (Å²) in [4.78, 5) is 14.1. The van der Waals surface area contributed by atoms with Crippen molar-refractivity contribution in [2.45, 2.75) is 51.4 Å². The van der Waals surface area contributed by atoms with Crippen LogP contribution in [0.15, 0.2) is 4.52 Å². The van der Waals surface area contributed by atoms with E-state index in [-0.39, 0.29) is 5.91 Å². The number of hydrogen-bond donors (Lipinski definition) is 1. The lowest BCUT2D eigenvalue weighted by molar-refractivity contribution is -0.128. The number of likely N-dealkylation sites (tertiary alicyclic amines) is 1. The van der Waals surface area contributed by atoms with Crippen LogP contribution in [0, 0.1) is 13.8 Å². The first-order valence-electron chi connectivity index (χ1n) is 7.39. The first-order valence-corrected chi connectivity index (χ1v) is 8.54.